The Morgan fingerprint density at radius 3 is 2.62 bits per heavy atom. The number of carbonyl (C=O) groups is 2. The summed E-state index contributed by atoms with van der Waals surface area (Å²) >= 11 is 0. The summed E-state index contributed by atoms with van der Waals surface area (Å²) in [6.07, 6.45) is 5.37. The van der Waals surface area contributed by atoms with Crippen LogP contribution in [-0.2, 0) is 14.3 Å². The first-order chi connectivity index (χ1) is 16.6. The number of ether oxygens (including phenoxy) is 1. The zero-order valence-corrected chi connectivity index (χ0v) is 19.3. The lowest BCUT2D eigenvalue weighted by atomic mass is 9.73. The van der Waals surface area contributed by atoms with Crippen LogP contribution in [0.25, 0.3) is 10.9 Å². The van der Waals surface area contributed by atoms with Crippen molar-refractivity contribution in [2.75, 3.05) is 6.61 Å². The van der Waals surface area contributed by atoms with Crippen molar-refractivity contribution in [2.24, 2.45) is 11.8 Å². The van der Waals surface area contributed by atoms with Gasteiger partial charge in [0.2, 0.25) is 5.91 Å². The Morgan fingerprint density at radius 2 is 1.88 bits per heavy atom. The standard InChI is InChI=1S/C28H29FN2O3/c1-18(28(33)31-26(17-34-27(31)16-32)21-5-3-2-4-6-21)19-7-9-20(10-8-19)23-13-14-30-25-12-11-22(29)15-24(23)25/h2-6,11-16,18-20,26-27H,7-10,17H2,1H3/t18-,19?,20?,26-,27?/m0/s1. The Labute approximate surface area is 198 Å². The van der Waals surface area contributed by atoms with Crippen LogP contribution in [0.4, 0.5) is 4.39 Å². The average molecular weight is 461 g/mol. The Balaban J connectivity index is 1.30. The fourth-order valence-corrected chi connectivity index (χ4v) is 5.71. The van der Waals surface area contributed by atoms with E-state index in [0.717, 1.165) is 54.0 Å². The molecule has 3 aromatic rings. The van der Waals surface area contributed by atoms with Crippen LogP contribution in [0.1, 0.15) is 55.7 Å². The summed E-state index contributed by atoms with van der Waals surface area (Å²) in [4.78, 5) is 31.3. The second-order valence-electron chi connectivity index (χ2n) is 9.49. The molecule has 2 fully saturated rings. The van der Waals surface area contributed by atoms with Gasteiger partial charge in [-0.3, -0.25) is 14.6 Å². The largest absolute Gasteiger partial charge is 0.349 e. The summed E-state index contributed by atoms with van der Waals surface area (Å²) in [6, 6.07) is 16.3. The van der Waals surface area contributed by atoms with Crippen LogP contribution in [0.3, 0.4) is 0 Å². The zero-order chi connectivity index (χ0) is 23.7. The lowest BCUT2D eigenvalue weighted by molar-refractivity contribution is -0.147. The van der Waals surface area contributed by atoms with Gasteiger partial charge in [0, 0.05) is 17.5 Å². The van der Waals surface area contributed by atoms with Gasteiger partial charge in [-0.15, -0.1) is 0 Å². The summed E-state index contributed by atoms with van der Waals surface area (Å²) < 4.78 is 19.6. The van der Waals surface area contributed by atoms with Crippen molar-refractivity contribution < 1.29 is 18.7 Å². The fourth-order valence-electron chi connectivity index (χ4n) is 5.71. The highest BCUT2D eigenvalue weighted by molar-refractivity contribution is 5.83. The van der Waals surface area contributed by atoms with Crippen LogP contribution in [0.15, 0.2) is 60.8 Å². The number of fused-ring (bicyclic) bond motifs is 1. The molecule has 2 aromatic carbocycles. The van der Waals surface area contributed by atoms with Crippen molar-refractivity contribution >= 4 is 23.1 Å². The van der Waals surface area contributed by atoms with Gasteiger partial charge in [0.25, 0.3) is 0 Å². The number of hydrogen-bond acceptors (Lipinski definition) is 4. The minimum atomic E-state index is -0.838. The predicted molar refractivity (Wildman–Crippen MR) is 127 cm³/mol. The van der Waals surface area contributed by atoms with E-state index in [0.29, 0.717) is 12.5 Å². The van der Waals surface area contributed by atoms with E-state index < -0.39 is 6.23 Å². The van der Waals surface area contributed by atoms with E-state index in [1.54, 1.807) is 23.2 Å². The Hall–Kier alpha value is -3.12. The fraction of sp³-hybridized carbons (Fsp3) is 0.393. The summed E-state index contributed by atoms with van der Waals surface area (Å²) in [6.45, 7) is 2.30. The summed E-state index contributed by atoms with van der Waals surface area (Å²) in [5.41, 5.74) is 2.93. The first-order valence-corrected chi connectivity index (χ1v) is 12.0. The molecule has 176 valence electrons. The molecule has 2 heterocycles. The maximum absolute atomic E-state index is 13.9. The van der Waals surface area contributed by atoms with E-state index in [1.807, 2.05) is 43.3 Å². The number of aldehydes is 1. The van der Waals surface area contributed by atoms with Gasteiger partial charge in [0.1, 0.15) is 5.82 Å². The molecule has 6 heteroatoms. The Morgan fingerprint density at radius 1 is 1.12 bits per heavy atom. The van der Waals surface area contributed by atoms with Crippen LogP contribution in [0, 0.1) is 17.7 Å². The van der Waals surface area contributed by atoms with Gasteiger partial charge in [-0.1, -0.05) is 37.3 Å². The molecular formula is C28H29FN2O3. The Kier molecular flexibility index (Phi) is 6.42. The van der Waals surface area contributed by atoms with Gasteiger partial charge in [0.15, 0.2) is 12.5 Å². The van der Waals surface area contributed by atoms with Crippen molar-refractivity contribution in [3.63, 3.8) is 0 Å². The third-order valence-corrected chi connectivity index (χ3v) is 7.64. The highest BCUT2D eigenvalue weighted by atomic mass is 19.1. The first-order valence-electron chi connectivity index (χ1n) is 12.0. The number of hydrogen-bond donors (Lipinski definition) is 0. The number of pyridine rings is 1. The average Bonchev–Trinajstić information content (AvgIpc) is 3.32. The van der Waals surface area contributed by atoms with Crippen LogP contribution in [0.2, 0.25) is 0 Å². The van der Waals surface area contributed by atoms with E-state index in [1.165, 1.54) is 6.07 Å². The van der Waals surface area contributed by atoms with Gasteiger partial charge < -0.3 is 9.64 Å². The molecule has 5 nitrogen and oxygen atoms in total. The molecule has 0 spiro atoms. The van der Waals surface area contributed by atoms with Crippen LogP contribution in [0.5, 0.6) is 0 Å². The maximum atomic E-state index is 13.9. The molecule has 1 aliphatic carbocycles. The highest BCUT2D eigenvalue weighted by Crippen LogP contribution is 2.42. The van der Waals surface area contributed by atoms with Crippen molar-refractivity contribution in [1.29, 1.82) is 0 Å². The van der Waals surface area contributed by atoms with Gasteiger partial charge >= 0.3 is 0 Å². The monoisotopic (exact) mass is 460 g/mol. The molecule has 0 bridgehead atoms. The normalized spacial score (nSPS) is 25.9. The van der Waals surface area contributed by atoms with Crippen LogP contribution in [-0.4, -0.2) is 34.9 Å². The third-order valence-electron chi connectivity index (χ3n) is 7.64. The number of amides is 1. The molecule has 2 aliphatic rings. The number of rotatable bonds is 5. The maximum Gasteiger partial charge on any atom is 0.228 e. The van der Waals surface area contributed by atoms with Crippen molar-refractivity contribution in [3.05, 3.63) is 77.7 Å². The first kappa shape index (κ1) is 22.7. The van der Waals surface area contributed by atoms with Crippen LogP contribution >= 0.6 is 0 Å². The van der Waals surface area contributed by atoms with Crippen LogP contribution < -0.4 is 0 Å². The molecule has 0 radical (unpaired) electrons. The lowest BCUT2D eigenvalue weighted by Crippen LogP contribution is -2.44. The lowest BCUT2D eigenvalue weighted by Gasteiger charge is -2.35. The second-order valence-corrected chi connectivity index (χ2v) is 9.49. The number of aromatic nitrogens is 1. The van der Waals surface area contributed by atoms with Gasteiger partial charge in [-0.25, -0.2) is 4.39 Å². The predicted octanol–water partition coefficient (Wildman–Crippen LogP) is 5.41. The third kappa shape index (κ3) is 4.23. The van der Waals surface area contributed by atoms with E-state index in [-0.39, 0.29) is 29.6 Å². The minimum absolute atomic E-state index is 0.0247. The molecule has 34 heavy (non-hydrogen) atoms. The summed E-state index contributed by atoms with van der Waals surface area (Å²) in [5, 5.41) is 0.879. The zero-order valence-electron chi connectivity index (χ0n) is 19.3. The van der Waals surface area contributed by atoms with E-state index in [2.05, 4.69) is 4.98 Å². The molecule has 1 saturated heterocycles. The SMILES string of the molecule is C[C@H](C(=O)N1C(C=O)OC[C@H]1c1ccccc1)C1CCC(c2ccnc3ccc(F)cc23)CC1. The molecule has 1 aromatic heterocycles. The molecule has 1 saturated carbocycles. The van der Waals surface area contributed by atoms with E-state index >= 15 is 0 Å². The number of benzene rings is 2. The van der Waals surface area contributed by atoms with Gasteiger partial charge in [-0.05, 0) is 72.9 Å². The number of halogens is 1. The molecule has 5 rings (SSSR count). The van der Waals surface area contributed by atoms with Gasteiger partial charge in [-0.2, -0.15) is 0 Å². The van der Waals surface area contributed by atoms with E-state index in [4.69, 9.17) is 4.74 Å². The van der Waals surface area contributed by atoms with Crippen molar-refractivity contribution in [1.82, 2.24) is 9.88 Å². The highest BCUT2D eigenvalue weighted by Gasteiger charge is 2.42. The number of nitrogens with zero attached hydrogens (tertiary/aromatic N) is 2. The van der Waals surface area contributed by atoms with E-state index in [9.17, 15) is 14.0 Å². The molecule has 3 atom stereocenters. The summed E-state index contributed by atoms with van der Waals surface area (Å²) in [5.74, 6) is 0.0742. The minimum Gasteiger partial charge on any atom is -0.349 e. The topological polar surface area (TPSA) is 59.5 Å². The van der Waals surface area contributed by atoms with Gasteiger partial charge in [0.05, 0.1) is 18.2 Å². The Bertz CT molecular complexity index is 1180. The smallest absolute Gasteiger partial charge is 0.228 e. The molecule has 1 aliphatic heterocycles. The summed E-state index contributed by atoms with van der Waals surface area (Å²) in [7, 11) is 0. The molecular weight excluding hydrogens is 431 g/mol. The molecule has 0 N–H and O–H groups in total. The number of carbonyl (C=O) groups excluding carboxylic acids is 2. The quantitative estimate of drug-likeness (QED) is 0.478. The van der Waals surface area contributed by atoms with Crippen molar-refractivity contribution in [3.8, 4) is 0 Å². The second kappa shape index (κ2) is 9.63. The van der Waals surface area contributed by atoms with Crippen molar-refractivity contribution in [2.45, 2.75) is 50.8 Å². The molecule has 1 unspecified atom stereocenters. The molecule has 1 amide bonds.